The zero-order valence-electron chi connectivity index (χ0n) is 12.6. The molecule has 1 fully saturated rings. The smallest absolute Gasteiger partial charge is 0.165 e. The van der Waals surface area contributed by atoms with Crippen LogP contribution in [0.1, 0.15) is 36.0 Å². The van der Waals surface area contributed by atoms with Crippen molar-refractivity contribution in [3.63, 3.8) is 0 Å². The molecule has 2 aliphatic rings. The summed E-state index contributed by atoms with van der Waals surface area (Å²) in [4.78, 5) is 2.28. The summed E-state index contributed by atoms with van der Waals surface area (Å²) in [5.74, 6) is 2.79. The van der Waals surface area contributed by atoms with Crippen LogP contribution in [-0.2, 0) is 19.6 Å². The first-order valence-corrected chi connectivity index (χ1v) is 7.71. The molecule has 0 spiro atoms. The van der Waals surface area contributed by atoms with Crippen LogP contribution in [0.25, 0.3) is 0 Å². The van der Waals surface area contributed by atoms with E-state index < -0.39 is 0 Å². The van der Waals surface area contributed by atoms with Gasteiger partial charge in [0, 0.05) is 25.6 Å². The Balaban J connectivity index is 1.47. The molecule has 1 aliphatic carbocycles. The Bertz CT molecular complexity index is 695. The molecule has 4 rings (SSSR count). The molecule has 0 amide bonds. The van der Waals surface area contributed by atoms with Crippen molar-refractivity contribution in [2.45, 2.75) is 38.4 Å². The highest BCUT2D eigenvalue weighted by atomic mass is 19.1. The van der Waals surface area contributed by atoms with Gasteiger partial charge in [-0.05, 0) is 30.5 Å². The van der Waals surface area contributed by atoms with E-state index in [1.807, 2.05) is 6.07 Å². The lowest BCUT2D eigenvalue weighted by atomic mass is 10.2. The monoisotopic (exact) mass is 302 g/mol. The van der Waals surface area contributed by atoms with Gasteiger partial charge in [0.15, 0.2) is 11.6 Å². The molecule has 0 atom stereocenters. The number of hydrogen-bond donors (Lipinski definition) is 0. The van der Waals surface area contributed by atoms with E-state index in [2.05, 4.69) is 19.7 Å². The fourth-order valence-corrected chi connectivity index (χ4v) is 3.08. The zero-order valence-corrected chi connectivity index (χ0v) is 12.6. The predicted molar refractivity (Wildman–Crippen MR) is 79.1 cm³/mol. The molecule has 116 valence electrons. The minimum Gasteiger partial charge on any atom is -0.494 e. The fraction of sp³-hybridized carbons (Fsp3) is 0.500. The van der Waals surface area contributed by atoms with E-state index in [0.717, 1.165) is 36.8 Å². The van der Waals surface area contributed by atoms with E-state index in [4.69, 9.17) is 4.74 Å². The van der Waals surface area contributed by atoms with Crippen LogP contribution < -0.4 is 4.74 Å². The average Bonchev–Trinajstić information content (AvgIpc) is 3.27. The quantitative estimate of drug-likeness (QED) is 0.869. The van der Waals surface area contributed by atoms with Crippen LogP contribution in [-0.4, -0.2) is 33.3 Å². The molecular weight excluding hydrogens is 283 g/mol. The maximum Gasteiger partial charge on any atom is 0.165 e. The van der Waals surface area contributed by atoms with Gasteiger partial charge < -0.3 is 9.30 Å². The summed E-state index contributed by atoms with van der Waals surface area (Å²) in [6.45, 7) is 3.35. The first-order chi connectivity index (χ1) is 10.7. The van der Waals surface area contributed by atoms with E-state index in [-0.39, 0.29) is 11.6 Å². The van der Waals surface area contributed by atoms with Crippen LogP contribution in [0.4, 0.5) is 4.39 Å². The van der Waals surface area contributed by atoms with Gasteiger partial charge in [0.05, 0.1) is 13.7 Å². The molecule has 1 aromatic carbocycles. The maximum absolute atomic E-state index is 13.8. The van der Waals surface area contributed by atoms with Crippen LogP contribution in [0.2, 0.25) is 0 Å². The Labute approximate surface area is 128 Å². The summed E-state index contributed by atoms with van der Waals surface area (Å²) in [6, 6.07) is 5.15. The minimum atomic E-state index is -0.309. The molecule has 1 saturated carbocycles. The molecule has 6 heteroatoms. The number of fused-ring (bicyclic) bond motifs is 1. The van der Waals surface area contributed by atoms with Gasteiger partial charge in [-0.25, -0.2) is 4.39 Å². The number of aromatic nitrogens is 3. The molecule has 0 N–H and O–H groups in total. The number of benzene rings is 1. The van der Waals surface area contributed by atoms with E-state index in [9.17, 15) is 4.39 Å². The second-order valence-corrected chi connectivity index (χ2v) is 6.08. The SMILES string of the molecule is COc1ccc(CN2CCn3c(nnc3C3CC3)C2)cc1F. The molecule has 5 nitrogen and oxygen atoms in total. The normalized spacial score (nSPS) is 18.3. The lowest BCUT2D eigenvalue weighted by Gasteiger charge is -2.27. The summed E-state index contributed by atoms with van der Waals surface area (Å²) in [7, 11) is 1.48. The Morgan fingerprint density at radius 2 is 2.14 bits per heavy atom. The molecule has 0 radical (unpaired) electrons. The first-order valence-electron chi connectivity index (χ1n) is 7.71. The van der Waals surface area contributed by atoms with Gasteiger partial charge in [-0.15, -0.1) is 10.2 Å². The molecule has 1 aliphatic heterocycles. The summed E-state index contributed by atoms with van der Waals surface area (Å²) in [6.07, 6.45) is 2.49. The van der Waals surface area contributed by atoms with Gasteiger partial charge in [-0.1, -0.05) is 6.07 Å². The second-order valence-electron chi connectivity index (χ2n) is 6.08. The highest BCUT2D eigenvalue weighted by Crippen LogP contribution is 2.39. The highest BCUT2D eigenvalue weighted by Gasteiger charge is 2.32. The van der Waals surface area contributed by atoms with Gasteiger partial charge in [-0.2, -0.15) is 0 Å². The number of ether oxygens (including phenoxy) is 1. The number of methoxy groups -OCH3 is 1. The first kappa shape index (κ1) is 13.7. The van der Waals surface area contributed by atoms with Gasteiger partial charge in [-0.3, -0.25) is 4.90 Å². The molecule has 2 heterocycles. The third kappa shape index (κ3) is 2.47. The average molecular weight is 302 g/mol. The van der Waals surface area contributed by atoms with Crippen molar-refractivity contribution in [1.82, 2.24) is 19.7 Å². The maximum atomic E-state index is 13.8. The summed E-state index contributed by atoms with van der Waals surface area (Å²) >= 11 is 0. The van der Waals surface area contributed by atoms with E-state index in [0.29, 0.717) is 12.5 Å². The van der Waals surface area contributed by atoms with E-state index >= 15 is 0 Å². The van der Waals surface area contributed by atoms with Crippen molar-refractivity contribution in [2.75, 3.05) is 13.7 Å². The van der Waals surface area contributed by atoms with Crippen molar-refractivity contribution in [1.29, 1.82) is 0 Å². The molecule has 0 saturated heterocycles. The molecule has 1 aromatic heterocycles. The Morgan fingerprint density at radius 1 is 1.27 bits per heavy atom. The minimum absolute atomic E-state index is 0.288. The van der Waals surface area contributed by atoms with Crippen molar-refractivity contribution >= 4 is 0 Å². The largest absolute Gasteiger partial charge is 0.494 e. The molecule has 2 aromatic rings. The van der Waals surface area contributed by atoms with Crippen LogP contribution in [0.15, 0.2) is 18.2 Å². The summed E-state index contributed by atoms with van der Waals surface area (Å²) in [5.41, 5.74) is 0.952. The van der Waals surface area contributed by atoms with Crippen LogP contribution in [0.3, 0.4) is 0 Å². The molecule has 0 bridgehead atoms. The van der Waals surface area contributed by atoms with Crippen molar-refractivity contribution in [3.8, 4) is 5.75 Å². The number of halogens is 1. The van der Waals surface area contributed by atoms with Crippen molar-refractivity contribution in [3.05, 3.63) is 41.2 Å². The van der Waals surface area contributed by atoms with Crippen LogP contribution >= 0.6 is 0 Å². The zero-order chi connectivity index (χ0) is 15.1. The Hall–Kier alpha value is -1.95. The van der Waals surface area contributed by atoms with Crippen LogP contribution in [0.5, 0.6) is 5.75 Å². The predicted octanol–water partition coefficient (Wildman–Crippen LogP) is 2.32. The molecule has 22 heavy (non-hydrogen) atoms. The number of hydrogen-bond acceptors (Lipinski definition) is 4. The van der Waals surface area contributed by atoms with Crippen molar-refractivity contribution in [2.24, 2.45) is 0 Å². The van der Waals surface area contributed by atoms with Crippen LogP contribution in [0, 0.1) is 5.82 Å². The van der Waals surface area contributed by atoms with Gasteiger partial charge in [0.25, 0.3) is 0 Å². The highest BCUT2D eigenvalue weighted by molar-refractivity contribution is 5.29. The molecular formula is C16H19FN4O. The Kier molecular flexibility index (Phi) is 3.33. The molecule has 0 unspecified atom stereocenters. The van der Waals surface area contributed by atoms with Gasteiger partial charge >= 0.3 is 0 Å². The fourth-order valence-electron chi connectivity index (χ4n) is 3.08. The van der Waals surface area contributed by atoms with Crippen molar-refractivity contribution < 1.29 is 9.13 Å². The van der Waals surface area contributed by atoms with E-state index in [1.54, 1.807) is 12.1 Å². The lowest BCUT2D eigenvalue weighted by molar-refractivity contribution is 0.207. The number of rotatable bonds is 4. The Morgan fingerprint density at radius 3 is 2.86 bits per heavy atom. The third-order valence-electron chi connectivity index (χ3n) is 4.43. The van der Waals surface area contributed by atoms with E-state index in [1.165, 1.54) is 20.0 Å². The summed E-state index contributed by atoms with van der Waals surface area (Å²) in [5, 5.41) is 8.68. The lowest BCUT2D eigenvalue weighted by Crippen LogP contribution is -2.34. The topological polar surface area (TPSA) is 43.2 Å². The third-order valence-corrected chi connectivity index (χ3v) is 4.43. The summed E-state index contributed by atoms with van der Waals surface area (Å²) < 4.78 is 21.0. The second kappa shape index (κ2) is 5.35. The standard InChI is InChI=1S/C16H19FN4O/c1-22-14-5-2-11(8-13(14)17)9-20-6-7-21-15(10-20)18-19-16(21)12-3-4-12/h2,5,8,12H,3-4,6-7,9-10H2,1H3. The van der Waals surface area contributed by atoms with Gasteiger partial charge in [0.2, 0.25) is 0 Å². The number of nitrogens with zero attached hydrogens (tertiary/aromatic N) is 4. The van der Waals surface area contributed by atoms with Gasteiger partial charge in [0.1, 0.15) is 11.6 Å².